The third kappa shape index (κ3) is 5.88. The average Bonchev–Trinajstić information content (AvgIpc) is 2.57. The van der Waals surface area contributed by atoms with Crippen LogP contribution in [0.25, 0.3) is 0 Å². The van der Waals surface area contributed by atoms with E-state index in [1.807, 2.05) is 30.3 Å². The summed E-state index contributed by atoms with van der Waals surface area (Å²) in [6.45, 7) is 1.73. The fourth-order valence-corrected chi connectivity index (χ4v) is 2.12. The zero-order chi connectivity index (χ0) is 16.5. The fourth-order valence-electron chi connectivity index (χ4n) is 1.99. The van der Waals surface area contributed by atoms with E-state index in [9.17, 15) is 4.79 Å². The molecular formula is C17H20ClN3O2. The van der Waals surface area contributed by atoms with Gasteiger partial charge in [-0.2, -0.15) is 0 Å². The molecule has 2 rings (SSSR count). The molecule has 0 aliphatic rings. The van der Waals surface area contributed by atoms with Gasteiger partial charge >= 0.3 is 0 Å². The summed E-state index contributed by atoms with van der Waals surface area (Å²) in [5.74, 6) is -0.199. The van der Waals surface area contributed by atoms with Crippen molar-refractivity contribution in [3.05, 3.63) is 58.9 Å². The molecule has 5 nitrogen and oxygen atoms in total. The van der Waals surface area contributed by atoms with E-state index < -0.39 is 0 Å². The maximum atomic E-state index is 11.8. The minimum Gasteiger partial charge on any atom is -0.383 e. The highest BCUT2D eigenvalue weighted by Gasteiger charge is 2.06. The molecule has 0 atom stereocenters. The van der Waals surface area contributed by atoms with Crippen molar-refractivity contribution >= 4 is 23.2 Å². The summed E-state index contributed by atoms with van der Waals surface area (Å²) in [7, 11) is 1.59. The molecule has 0 saturated carbocycles. The fraction of sp³-hybridized carbons (Fsp3) is 0.294. The zero-order valence-corrected chi connectivity index (χ0v) is 13.8. The van der Waals surface area contributed by atoms with Crippen molar-refractivity contribution < 1.29 is 9.53 Å². The molecule has 1 heterocycles. The predicted molar refractivity (Wildman–Crippen MR) is 92.1 cm³/mol. The van der Waals surface area contributed by atoms with Gasteiger partial charge in [0.25, 0.3) is 5.91 Å². The Balaban J connectivity index is 1.78. The molecule has 1 aromatic carbocycles. The lowest BCUT2D eigenvalue weighted by Gasteiger charge is -2.08. The third-order valence-corrected chi connectivity index (χ3v) is 3.50. The summed E-state index contributed by atoms with van der Waals surface area (Å²) in [5.41, 5.74) is 2.49. The number of nitrogens with one attached hydrogen (secondary N) is 2. The summed E-state index contributed by atoms with van der Waals surface area (Å²) in [6.07, 6.45) is 2.55. The van der Waals surface area contributed by atoms with Gasteiger partial charge in [-0.15, -0.1) is 0 Å². The Hall–Kier alpha value is -2.11. The smallest absolute Gasteiger partial charge is 0.269 e. The topological polar surface area (TPSA) is 63.2 Å². The van der Waals surface area contributed by atoms with Crippen molar-refractivity contribution in [1.82, 2.24) is 10.3 Å². The van der Waals surface area contributed by atoms with Crippen molar-refractivity contribution in [3.63, 3.8) is 0 Å². The number of pyridine rings is 1. The number of carbonyl (C=O) groups excluding carboxylic acids is 1. The van der Waals surface area contributed by atoms with Gasteiger partial charge in [0, 0.05) is 25.2 Å². The van der Waals surface area contributed by atoms with Crippen LogP contribution in [0, 0.1) is 0 Å². The molecule has 0 saturated heterocycles. The van der Waals surface area contributed by atoms with Gasteiger partial charge in [-0.3, -0.25) is 4.79 Å². The highest BCUT2D eigenvalue weighted by Crippen LogP contribution is 2.11. The van der Waals surface area contributed by atoms with Crippen LogP contribution in [0.2, 0.25) is 5.02 Å². The van der Waals surface area contributed by atoms with Crippen molar-refractivity contribution in [3.8, 4) is 0 Å². The van der Waals surface area contributed by atoms with E-state index in [0.29, 0.717) is 18.8 Å². The number of methoxy groups -OCH3 is 1. The van der Waals surface area contributed by atoms with E-state index in [4.69, 9.17) is 16.3 Å². The second-order valence-corrected chi connectivity index (χ2v) is 5.42. The first-order valence-electron chi connectivity index (χ1n) is 7.40. The van der Waals surface area contributed by atoms with E-state index in [1.54, 1.807) is 19.4 Å². The normalized spacial score (nSPS) is 10.3. The molecule has 0 unspecified atom stereocenters. The Labute approximate surface area is 141 Å². The van der Waals surface area contributed by atoms with Crippen LogP contribution in [0.3, 0.4) is 0 Å². The minimum atomic E-state index is -0.199. The maximum absolute atomic E-state index is 11.8. The number of hydrogen-bond donors (Lipinski definition) is 2. The summed E-state index contributed by atoms with van der Waals surface area (Å²) < 4.78 is 4.88. The second kappa shape index (κ2) is 9.12. The standard InChI is InChI=1S/C17H20ClN3O2/c1-23-11-10-20-17(22)16-7-6-15(12-21-16)19-9-8-13-2-4-14(18)5-3-13/h2-7,12,19H,8-11H2,1H3,(H,20,22). The molecule has 0 aliphatic heterocycles. The number of ether oxygens (including phenoxy) is 1. The number of amides is 1. The van der Waals surface area contributed by atoms with Crippen LogP contribution in [0.4, 0.5) is 5.69 Å². The van der Waals surface area contributed by atoms with Crippen molar-refractivity contribution in [2.24, 2.45) is 0 Å². The Morgan fingerprint density at radius 1 is 1.17 bits per heavy atom. The van der Waals surface area contributed by atoms with Gasteiger partial charge < -0.3 is 15.4 Å². The van der Waals surface area contributed by atoms with Crippen LogP contribution < -0.4 is 10.6 Å². The molecule has 122 valence electrons. The average molecular weight is 334 g/mol. The van der Waals surface area contributed by atoms with Crippen molar-refractivity contribution in [2.75, 3.05) is 32.1 Å². The molecule has 0 spiro atoms. The highest BCUT2D eigenvalue weighted by molar-refractivity contribution is 6.30. The molecule has 23 heavy (non-hydrogen) atoms. The molecular weight excluding hydrogens is 314 g/mol. The Morgan fingerprint density at radius 3 is 2.61 bits per heavy atom. The molecule has 2 N–H and O–H groups in total. The lowest BCUT2D eigenvalue weighted by atomic mass is 10.1. The van der Waals surface area contributed by atoms with E-state index in [1.165, 1.54) is 5.56 Å². The Kier molecular flexibility index (Phi) is 6.84. The van der Waals surface area contributed by atoms with Crippen LogP contribution in [0.15, 0.2) is 42.6 Å². The van der Waals surface area contributed by atoms with E-state index in [0.717, 1.165) is 23.7 Å². The number of hydrogen-bond acceptors (Lipinski definition) is 4. The number of nitrogens with zero attached hydrogens (tertiary/aromatic N) is 1. The highest BCUT2D eigenvalue weighted by atomic mass is 35.5. The molecule has 0 radical (unpaired) electrons. The molecule has 6 heteroatoms. The molecule has 1 amide bonds. The summed E-state index contributed by atoms with van der Waals surface area (Å²) in [6, 6.07) is 11.3. The van der Waals surface area contributed by atoms with Crippen molar-refractivity contribution in [1.29, 1.82) is 0 Å². The molecule has 2 aromatic rings. The van der Waals surface area contributed by atoms with Gasteiger partial charge in [0.1, 0.15) is 5.69 Å². The van der Waals surface area contributed by atoms with Gasteiger partial charge in [0.15, 0.2) is 0 Å². The number of halogens is 1. The third-order valence-electron chi connectivity index (χ3n) is 3.24. The molecule has 0 bridgehead atoms. The lowest BCUT2D eigenvalue weighted by molar-refractivity contribution is 0.0932. The van der Waals surface area contributed by atoms with Gasteiger partial charge in [-0.25, -0.2) is 4.98 Å². The first-order chi connectivity index (χ1) is 11.2. The Morgan fingerprint density at radius 2 is 1.96 bits per heavy atom. The van der Waals surface area contributed by atoms with Gasteiger partial charge in [0.2, 0.25) is 0 Å². The van der Waals surface area contributed by atoms with Gasteiger partial charge in [0.05, 0.1) is 18.5 Å². The van der Waals surface area contributed by atoms with Gasteiger partial charge in [-0.05, 0) is 36.2 Å². The SMILES string of the molecule is COCCNC(=O)c1ccc(NCCc2ccc(Cl)cc2)cn1. The van der Waals surface area contributed by atoms with Crippen LogP contribution >= 0.6 is 11.6 Å². The first kappa shape index (κ1) is 17.2. The lowest BCUT2D eigenvalue weighted by Crippen LogP contribution is -2.27. The number of carbonyl (C=O) groups is 1. The number of rotatable bonds is 8. The van der Waals surface area contributed by atoms with Gasteiger partial charge in [-0.1, -0.05) is 23.7 Å². The van der Waals surface area contributed by atoms with Crippen LogP contribution in [-0.2, 0) is 11.2 Å². The summed E-state index contributed by atoms with van der Waals surface area (Å²) in [5, 5.41) is 6.75. The first-order valence-corrected chi connectivity index (χ1v) is 7.78. The molecule has 0 aliphatic carbocycles. The van der Waals surface area contributed by atoms with Crippen molar-refractivity contribution in [2.45, 2.75) is 6.42 Å². The summed E-state index contributed by atoms with van der Waals surface area (Å²) in [4.78, 5) is 16.0. The van der Waals surface area contributed by atoms with E-state index in [-0.39, 0.29) is 5.91 Å². The molecule has 1 aromatic heterocycles. The predicted octanol–water partition coefficient (Wildman–Crippen LogP) is 2.77. The number of aromatic nitrogens is 1. The van der Waals surface area contributed by atoms with Crippen LogP contribution in [0.1, 0.15) is 16.1 Å². The summed E-state index contributed by atoms with van der Waals surface area (Å²) >= 11 is 5.86. The minimum absolute atomic E-state index is 0.199. The number of benzene rings is 1. The quantitative estimate of drug-likeness (QED) is 0.729. The maximum Gasteiger partial charge on any atom is 0.269 e. The Bertz CT molecular complexity index is 615. The van der Waals surface area contributed by atoms with Crippen LogP contribution in [-0.4, -0.2) is 37.7 Å². The zero-order valence-electron chi connectivity index (χ0n) is 13.0. The number of anilines is 1. The second-order valence-electron chi connectivity index (χ2n) is 4.98. The van der Waals surface area contributed by atoms with E-state index >= 15 is 0 Å². The monoisotopic (exact) mass is 333 g/mol. The molecule has 0 fully saturated rings. The van der Waals surface area contributed by atoms with Crippen LogP contribution in [0.5, 0.6) is 0 Å². The van der Waals surface area contributed by atoms with E-state index in [2.05, 4.69) is 15.6 Å². The largest absolute Gasteiger partial charge is 0.383 e.